The van der Waals surface area contributed by atoms with Gasteiger partial charge in [-0.25, -0.2) is 4.98 Å². The van der Waals surface area contributed by atoms with Crippen molar-refractivity contribution >= 4 is 29.0 Å². The zero-order valence-corrected chi connectivity index (χ0v) is 13.9. The Kier molecular flexibility index (Phi) is 5.58. The van der Waals surface area contributed by atoms with Gasteiger partial charge in [-0.2, -0.15) is 13.2 Å². The van der Waals surface area contributed by atoms with Gasteiger partial charge in [-0.15, -0.1) is 0 Å². The second-order valence-corrected chi connectivity index (χ2v) is 5.85. The van der Waals surface area contributed by atoms with Crippen LogP contribution >= 0.6 is 23.2 Å². The Morgan fingerprint density at radius 3 is 2.56 bits per heavy atom. The van der Waals surface area contributed by atoms with Crippen LogP contribution in [0.25, 0.3) is 0 Å². The number of hydrogen-bond acceptors (Lipinski definition) is 4. The predicted octanol–water partition coefficient (Wildman–Crippen LogP) is 2.98. The number of amidine groups is 1. The molecule has 25 heavy (non-hydrogen) atoms. The van der Waals surface area contributed by atoms with Crippen LogP contribution in [0, 0.1) is 0 Å². The fourth-order valence-electron chi connectivity index (χ4n) is 2.09. The van der Waals surface area contributed by atoms with E-state index in [2.05, 4.69) is 15.1 Å². The molecule has 0 aliphatic heterocycles. The lowest BCUT2D eigenvalue weighted by atomic mass is 10.0. The van der Waals surface area contributed by atoms with Crippen LogP contribution in [0.1, 0.15) is 22.6 Å². The maximum Gasteiger partial charge on any atom is 0.433 e. The van der Waals surface area contributed by atoms with Crippen LogP contribution in [0.3, 0.4) is 0 Å². The van der Waals surface area contributed by atoms with Crippen molar-refractivity contribution < 1.29 is 18.4 Å². The van der Waals surface area contributed by atoms with Crippen molar-refractivity contribution in [3.05, 3.63) is 61.2 Å². The molecule has 0 atom stereocenters. The van der Waals surface area contributed by atoms with Crippen LogP contribution in [-0.4, -0.2) is 21.0 Å². The van der Waals surface area contributed by atoms with Gasteiger partial charge in [0.05, 0.1) is 22.0 Å². The first-order valence-corrected chi connectivity index (χ1v) is 7.47. The van der Waals surface area contributed by atoms with Crippen molar-refractivity contribution in [2.24, 2.45) is 10.9 Å². The number of aromatic nitrogens is 2. The third-order valence-corrected chi connectivity index (χ3v) is 3.91. The smallest absolute Gasteiger partial charge is 0.409 e. The summed E-state index contributed by atoms with van der Waals surface area (Å²) in [6.45, 7) is 0. The molecule has 0 fully saturated rings. The summed E-state index contributed by atoms with van der Waals surface area (Å²) in [5, 5.41) is 11.5. The van der Waals surface area contributed by atoms with E-state index in [-0.39, 0.29) is 22.3 Å². The Hall–Kier alpha value is -2.26. The van der Waals surface area contributed by atoms with Gasteiger partial charge in [0, 0.05) is 6.42 Å². The fourth-order valence-corrected chi connectivity index (χ4v) is 2.41. The summed E-state index contributed by atoms with van der Waals surface area (Å²) in [5.74, 6) is -0.765. The highest BCUT2D eigenvalue weighted by Crippen LogP contribution is 2.31. The van der Waals surface area contributed by atoms with E-state index in [1.54, 1.807) is 0 Å². The van der Waals surface area contributed by atoms with E-state index in [0.29, 0.717) is 5.56 Å². The molecule has 0 saturated carbocycles. The van der Waals surface area contributed by atoms with E-state index < -0.39 is 35.2 Å². The SMILES string of the molecule is N/C(Cc1nc(C(F)(F)F)c(Cc2ccc(Cl)c(Cl)c2)c(=O)[nH]1)=N/O. The van der Waals surface area contributed by atoms with Crippen LogP contribution in [0.15, 0.2) is 28.1 Å². The molecule has 2 aromatic rings. The minimum atomic E-state index is -4.86. The van der Waals surface area contributed by atoms with Crippen molar-refractivity contribution in [3.63, 3.8) is 0 Å². The molecule has 0 saturated heterocycles. The van der Waals surface area contributed by atoms with Gasteiger partial charge in [-0.05, 0) is 17.7 Å². The molecule has 0 unspecified atom stereocenters. The summed E-state index contributed by atoms with van der Waals surface area (Å²) in [6.07, 6.45) is -5.65. The number of benzene rings is 1. The first-order chi connectivity index (χ1) is 11.6. The summed E-state index contributed by atoms with van der Waals surface area (Å²) < 4.78 is 39.9. The summed E-state index contributed by atoms with van der Waals surface area (Å²) in [5.41, 5.74) is 2.70. The second kappa shape index (κ2) is 7.32. The molecule has 2 rings (SSSR count). The lowest BCUT2D eigenvalue weighted by molar-refractivity contribution is -0.142. The molecule has 0 radical (unpaired) electrons. The van der Waals surface area contributed by atoms with E-state index in [1.165, 1.54) is 18.2 Å². The first-order valence-electron chi connectivity index (χ1n) is 6.71. The number of nitrogens with one attached hydrogen (secondary N) is 1. The van der Waals surface area contributed by atoms with E-state index >= 15 is 0 Å². The molecule has 0 amide bonds. The molecule has 0 aliphatic carbocycles. The highest BCUT2D eigenvalue weighted by molar-refractivity contribution is 6.42. The van der Waals surface area contributed by atoms with Crippen molar-refractivity contribution in [1.82, 2.24) is 9.97 Å². The third kappa shape index (κ3) is 4.64. The van der Waals surface area contributed by atoms with Crippen LogP contribution in [0.2, 0.25) is 10.0 Å². The Labute approximate surface area is 149 Å². The van der Waals surface area contributed by atoms with Gasteiger partial charge >= 0.3 is 6.18 Å². The average Bonchev–Trinajstić information content (AvgIpc) is 2.52. The normalized spacial score (nSPS) is 12.4. The lowest BCUT2D eigenvalue weighted by Gasteiger charge is -2.13. The minimum absolute atomic E-state index is 0.153. The van der Waals surface area contributed by atoms with Gasteiger partial charge in [0.15, 0.2) is 5.69 Å². The van der Waals surface area contributed by atoms with E-state index in [1.807, 2.05) is 0 Å². The Balaban J connectivity index is 2.52. The van der Waals surface area contributed by atoms with Crippen LogP contribution in [0.4, 0.5) is 13.2 Å². The fraction of sp³-hybridized carbons (Fsp3) is 0.214. The Morgan fingerprint density at radius 1 is 1.32 bits per heavy atom. The van der Waals surface area contributed by atoms with E-state index in [0.717, 1.165) is 0 Å². The molecular weight excluding hydrogens is 384 g/mol. The average molecular weight is 395 g/mol. The van der Waals surface area contributed by atoms with Crippen molar-refractivity contribution in [3.8, 4) is 0 Å². The lowest BCUT2D eigenvalue weighted by Crippen LogP contribution is -2.27. The van der Waals surface area contributed by atoms with Crippen LogP contribution in [-0.2, 0) is 19.0 Å². The molecule has 0 bridgehead atoms. The van der Waals surface area contributed by atoms with Crippen molar-refractivity contribution in [1.29, 1.82) is 0 Å². The summed E-state index contributed by atoms with van der Waals surface area (Å²) >= 11 is 11.6. The van der Waals surface area contributed by atoms with Gasteiger partial charge in [0.2, 0.25) is 0 Å². The number of nitrogens with zero attached hydrogens (tertiary/aromatic N) is 2. The Morgan fingerprint density at radius 2 is 2.00 bits per heavy atom. The quantitative estimate of drug-likeness (QED) is 0.320. The molecular formula is C14H11Cl2F3N4O2. The zero-order valence-electron chi connectivity index (χ0n) is 12.4. The van der Waals surface area contributed by atoms with Crippen LogP contribution < -0.4 is 11.3 Å². The monoisotopic (exact) mass is 394 g/mol. The highest BCUT2D eigenvalue weighted by Gasteiger charge is 2.37. The molecule has 1 aromatic carbocycles. The molecule has 1 aromatic heterocycles. The van der Waals surface area contributed by atoms with Gasteiger partial charge in [0.1, 0.15) is 11.7 Å². The number of nitrogens with two attached hydrogens (primary N) is 1. The predicted molar refractivity (Wildman–Crippen MR) is 86.2 cm³/mol. The Bertz CT molecular complexity index is 881. The zero-order chi connectivity index (χ0) is 18.8. The van der Waals surface area contributed by atoms with Crippen molar-refractivity contribution in [2.45, 2.75) is 19.0 Å². The number of H-pyrrole nitrogens is 1. The standard InChI is InChI=1S/C14H11Cl2F3N4O2/c15-8-2-1-6(4-9(8)16)3-7-12(14(17,18)19)21-11(22-13(7)24)5-10(20)23-25/h1-2,4,25H,3,5H2,(H2,20,23)(H,21,22,24). The summed E-state index contributed by atoms with van der Waals surface area (Å²) in [4.78, 5) is 17.8. The number of oxime groups is 1. The molecule has 6 nitrogen and oxygen atoms in total. The maximum atomic E-state index is 13.3. The van der Waals surface area contributed by atoms with E-state index in [4.69, 9.17) is 34.1 Å². The number of aromatic amines is 1. The largest absolute Gasteiger partial charge is 0.433 e. The molecule has 134 valence electrons. The van der Waals surface area contributed by atoms with Crippen LogP contribution in [0.5, 0.6) is 0 Å². The van der Waals surface area contributed by atoms with Gasteiger partial charge in [-0.3, -0.25) is 4.79 Å². The molecule has 4 N–H and O–H groups in total. The number of rotatable bonds is 4. The van der Waals surface area contributed by atoms with Gasteiger partial charge < -0.3 is 15.9 Å². The topological polar surface area (TPSA) is 104 Å². The number of hydrogen-bond donors (Lipinski definition) is 3. The third-order valence-electron chi connectivity index (χ3n) is 3.17. The molecule has 0 spiro atoms. The van der Waals surface area contributed by atoms with Gasteiger partial charge in [0.25, 0.3) is 5.56 Å². The summed E-state index contributed by atoms with van der Waals surface area (Å²) in [6, 6.07) is 4.24. The second-order valence-electron chi connectivity index (χ2n) is 5.03. The van der Waals surface area contributed by atoms with Crippen molar-refractivity contribution in [2.75, 3.05) is 0 Å². The number of alkyl halides is 3. The number of halogens is 5. The molecule has 0 aliphatic rings. The minimum Gasteiger partial charge on any atom is -0.409 e. The summed E-state index contributed by atoms with van der Waals surface area (Å²) in [7, 11) is 0. The molecule has 1 heterocycles. The first kappa shape index (κ1) is 19.1. The van der Waals surface area contributed by atoms with Gasteiger partial charge in [-0.1, -0.05) is 34.4 Å². The highest BCUT2D eigenvalue weighted by atomic mass is 35.5. The molecule has 11 heteroatoms. The maximum absolute atomic E-state index is 13.3. The van der Waals surface area contributed by atoms with E-state index in [9.17, 15) is 18.0 Å².